The van der Waals surface area contributed by atoms with Gasteiger partial charge in [-0.2, -0.15) is 0 Å². The van der Waals surface area contributed by atoms with Gasteiger partial charge in [-0.1, -0.05) is 6.08 Å². The quantitative estimate of drug-likeness (QED) is 0.724. The highest BCUT2D eigenvalue weighted by Gasteiger charge is 2.34. The number of hydrogen-bond acceptors (Lipinski definition) is 5. The molecule has 122 valence electrons. The van der Waals surface area contributed by atoms with E-state index in [9.17, 15) is 0 Å². The first-order valence-electron chi connectivity index (χ1n) is 7.87. The molecule has 1 aliphatic rings. The van der Waals surface area contributed by atoms with E-state index < -0.39 is 0 Å². The lowest BCUT2D eigenvalue weighted by atomic mass is 9.91. The third-order valence-corrected chi connectivity index (χ3v) is 3.21. The van der Waals surface area contributed by atoms with Crippen molar-refractivity contribution in [2.75, 3.05) is 13.2 Å². The van der Waals surface area contributed by atoms with E-state index in [1.54, 1.807) is 12.4 Å². The highest BCUT2D eigenvalue weighted by atomic mass is 16.5. The number of ether oxygens (including phenoxy) is 3. The van der Waals surface area contributed by atoms with Crippen molar-refractivity contribution >= 4 is 6.08 Å². The maximum Gasteiger partial charge on any atom is 0.156 e. The Labute approximate surface area is 132 Å². The molecule has 0 saturated heterocycles. The van der Waals surface area contributed by atoms with Gasteiger partial charge >= 0.3 is 0 Å². The second kappa shape index (κ2) is 7.70. The van der Waals surface area contributed by atoms with Gasteiger partial charge in [-0.25, -0.2) is 9.97 Å². The van der Waals surface area contributed by atoms with Crippen molar-refractivity contribution in [1.29, 1.82) is 0 Å². The highest BCUT2D eigenvalue weighted by molar-refractivity contribution is 5.39. The van der Waals surface area contributed by atoms with Gasteiger partial charge in [0.05, 0.1) is 30.7 Å². The van der Waals surface area contributed by atoms with Crippen molar-refractivity contribution in [2.24, 2.45) is 0 Å². The largest absolute Gasteiger partial charge is 0.487 e. The molecule has 2 rings (SSSR count). The Balaban J connectivity index is 1.73. The summed E-state index contributed by atoms with van der Waals surface area (Å²) in [5.41, 5.74) is -0.0891. The normalized spacial score (nSPS) is 21.8. The van der Waals surface area contributed by atoms with Gasteiger partial charge in [-0.05, 0) is 33.8 Å². The molecule has 0 atom stereocenters. The summed E-state index contributed by atoms with van der Waals surface area (Å²) in [6, 6.07) is 0. The molecule has 1 fully saturated rings. The molecule has 0 aliphatic heterocycles. The van der Waals surface area contributed by atoms with Gasteiger partial charge in [0, 0.05) is 19.4 Å². The third-order valence-electron chi connectivity index (χ3n) is 3.21. The molecule has 0 bridgehead atoms. The van der Waals surface area contributed by atoms with Gasteiger partial charge in [0.25, 0.3) is 0 Å². The lowest BCUT2D eigenvalue weighted by Crippen LogP contribution is -2.43. The molecule has 0 aromatic carbocycles. The Morgan fingerprint density at radius 2 is 1.86 bits per heavy atom. The summed E-state index contributed by atoms with van der Waals surface area (Å²) in [5, 5.41) is 0. The standard InChI is InChI=1S/C17H26N2O3/c1-5-20-8-6-7-16-18-11-15(12-19-16)21-13-9-14(10-13)22-17(2,3)4/h6-7,11-14H,5,8-10H2,1-4H3/b7-6+. The van der Waals surface area contributed by atoms with Crippen LogP contribution in [-0.2, 0) is 9.47 Å². The Morgan fingerprint density at radius 3 is 2.45 bits per heavy atom. The molecule has 0 spiro atoms. The van der Waals surface area contributed by atoms with Crippen molar-refractivity contribution in [3.8, 4) is 5.75 Å². The van der Waals surface area contributed by atoms with Gasteiger partial charge in [-0.3, -0.25) is 0 Å². The molecule has 22 heavy (non-hydrogen) atoms. The summed E-state index contributed by atoms with van der Waals surface area (Å²) in [4.78, 5) is 8.51. The van der Waals surface area contributed by atoms with E-state index in [1.165, 1.54) is 0 Å². The maximum absolute atomic E-state index is 5.89. The number of rotatable bonds is 7. The SMILES string of the molecule is CCOC/C=C/c1ncc(OC2CC(OC(C)(C)C)C2)cn1. The van der Waals surface area contributed by atoms with Crippen LogP contribution in [0.25, 0.3) is 6.08 Å². The third kappa shape index (κ3) is 5.73. The lowest BCUT2D eigenvalue weighted by molar-refractivity contribution is -0.126. The predicted molar refractivity (Wildman–Crippen MR) is 85.8 cm³/mol. The smallest absolute Gasteiger partial charge is 0.156 e. The molecule has 1 aliphatic carbocycles. The van der Waals surface area contributed by atoms with E-state index in [0.717, 1.165) is 12.8 Å². The number of nitrogens with zero attached hydrogens (tertiary/aromatic N) is 2. The van der Waals surface area contributed by atoms with Crippen LogP contribution in [0.2, 0.25) is 0 Å². The monoisotopic (exact) mass is 306 g/mol. The van der Waals surface area contributed by atoms with E-state index in [2.05, 4.69) is 30.7 Å². The summed E-state index contributed by atoms with van der Waals surface area (Å²) >= 11 is 0. The fourth-order valence-electron chi connectivity index (χ4n) is 2.21. The zero-order chi connectivity index (χ0) is 16.0. The average molecular weight is 306 g/mol. The molecule has 0 N–H and O–H groups in total. The van der Waals surface area contributed by atoms with E-state index in [4.69, 9.17) is 14.2 Å². The first kappa shape index (κ1) is 16.9. The summed E-state index contributed by atoms with van der Waals surface area (Å²) in [7, 11) is 0. The van der Waals surface area contributed by atoms with E-state index in [1.807, 2.05) is 19.1 Å². The Morgan fingerprint density at radius 1 is 1.18 bits per heavy atom. The molecule has 1 heterocycles. The molecule has 5 nitrogen and oxygen atoms in total. The summed E-state index contributed by atoms with van der Waals surface area (Å²) in [6.45, 7) is 9.48. The van der Waals surface area contributed by atoms with Gasteiger partial charge < -0.3 is 14.2 Å². The second-order valence-corrected chi connectivity index (χ2v) is 6.40. The topological polar surface area (TPSA) is 53.5 Å². The first-order chi connectivity index (χ1) is 10.5. The Kier molecular flexibility index (Phi) is 5.91. The fraction of sp³-hybridized carbons (Fsp3) is 0.647. The van der Waals surface area contributed by atoms with Crippen LogP contribution in [0.1, 0.15) is 46.4 Å². The van der Waals surface area contributed by atoms with Crippen molar-refractivity contribution in [3.05, 3.63) is 24.3 Å². The van der Waals surface area contributed by atoms with E-state index >= 15 is 0 Å². The van der Waals surface area contributed by atoms with Crippen LogP contribution in [0.15, 0.2) is 18.5 Å². The number of aromatic nitrogens is 2. The van der Waals surface area contributed by atoms with Gasteiger partial charge in [0.2, 0.25) is 0 Å². The summed E-state index contributed by atoms with van der Waals surface area (Å²) in [5.74, 6) is 1.37. The highest BCUT2D eigenvalue weighted by Crippen LogP contribution is 2.30. The molecule has 1 saturated carbocycles. The van der Waals surface area contributed by atoms with Crippen LogP contribution in [0.4, 0.5) is 0 Å². The summed E-state index contributed by atoms with van der Waals surface area (Å²) in [6.07, 6.45) is 9.52. The molecule has 0 unspecified atom stereocenters. The van der Waals surface area contributed by atoms with Gasteiger partial charge in [-0.15, -0.1) is 0 Å². The van der Waals surface area contributed by atoms with E-state index in [-0.39, 0.29) is 11.7 Å². The number of hydrogen-bond donors (Lipinski definition) is 0. The Bertz CT molecular complexity index is 474. The van der Waals surface area contributed by atoms with Crippen molar-refractivity contribution in [3.63, 3.8) is 0 Å². The van der Waals surface area contributed by atoms with Crippen LogP contribution >= 0.6 is 0 Å². The fourth-order valence-corrected chi connectivity index (χ4v) is 2.21. The van der Waals surface area contributed by atoms with Crippen molar-refractivity contribution in [1.82, 2.24) is 9.97 Å². The Hall–Kier alpha value is -1.46. The van der Waals surface area contributed by atoms with Gasteiger partial charge in [0.1, 0.15) is 6.10 Å². The maximum atomic E-state index is 5.89. The first-order valence-corrected chi connectivity index (χ1v) is 7.87. The molecular weight excluding hydrogens is 280 g/mol. The lowest BCUT2D eigenvalue weighted by Gasteiger charge is -2.38. The zero-order valence-corrected chi connectivity index (χ0v) is 13.9. The predicted octanol–water partition coefficient (Wildman–Crippen LogP) is 3.25. The van der Waals surface area contributed by atoms with Crippen LogP contribution in [0.3, 0.4) is 0 Å². The zero-order valence-electron chi connectivity index (χ0n) is 13.9. The molecule has 0 amide bonds. The molecule has 1 aromatic heterocycles. The van der Waals surface area contributed by atoms with Crippen LogP contribution < -0.4 is 4.74 Å². The minimum atomic E-state index is -0.0891. The van der Waals surface area contributed by atoms with Crippen LogP contribution in [0.5, 0.6) is 5.75 Å². The molecule has 5 heteroatoms. The van der Waals surface area contributed by atoms with Crippen LogP contribution in [-0.4, -0.2) is 41.0 Å². The van der Waals surface area contributed by atoms with Gasteiger partial charge in [0.15, 0.2) is 11.6 Å². The van der Waals surface area contributed by atoms with Crippen molar-refractivity contribution in [2.45, 2.75) is 58.3 Å². The summed E-state index contributed by atoms with van der Waals surface area (Å²) < 4.78 is 17.0. The minimum Gasteiger partial charge on any atom is -0.487 e. The average Bonchev–Trinajstić information content (AvgIpc) is 2.41. The molecule has 0 radical (unpaired) electrons. The van der Waals surface area contributed by atoms with E-state index in [0.29, 0.717) is 30.9 Å². The minimum absolute atomic E-state index is 0.0891. The van der Waals surface area contributed by atoms with Crippen molar-refractivity contribution < 1.29 is 14.2 Å². The van der Waals surface area contributed by atoms with Crippen LogP contribution in [0, 0.1) is 0 Å². The second-order valence-electron chi connectivity index (χ2n) is 6.40. The molecular formula is C17H26N2O3. The molecule has 1 aromatic rings.